The van der Waals surface area contributed by atoms with E-state index >= 15 is 0 Å². The van der Waals surface area contributed by atoms with Gasteiger partial charge in [-0.05, 0) is 31.6 Å². The normalized spacial score (nSPS) is 29.8. The van der Waals surface area contributed by atoms with Crippen molar-refractivity contribution in [3.05, 3.63) is 0 Å². The molecule has 1 aliphatic rings. The molecule has 1 saturated carbocycles. The first kappa shape index (κ1) is 9.36. The van der Waals surface area contributed by atoms with Gasteiger partial charge < -0.3 is 10.0 Å². The maximum atomic E-state index is 10.6. The minimum Gasteiger partial charge on any atom is -0.465 e. The van der Waals surface area contributed by atoms with Crippen LogP contribution in [0.3, 0.4) is 0 Å². The lowest BCUT2D eigenvalue weighted by atomic mass is 9.87. The number of hydrogen-bond acceptors (Lipinski definition) is 1. The third kappa shape index (κ3) is 2.13. The van der Waals surface area contributed by atoms with E-state index in [1.807, 2.05) is 0 Å². The standard InChI is InChI=1S/C9H17NO2/c1-7-3-5-8(6-4-7)10(2)9(11)12/h7-8H,3-6H2,1-2H3,(H,11,12). The van der Waals surface area contributed by atoms with Crippen molar-refractivity contribution in [2.24, 2.45) is 5.92 Å². The fraction of sp³-hybridized carbons (Fsp3) is 0.889. The molecule has 3 nitrogen and oxygen atoms in total. The van der Waals surface area contributed by atoms with Crippen molar-refractivity contribution in [2.45, 2.75) is 38.6 Å². The van der Waals surface area contributed by atoms with Crippen LogP contribution in [-0.4, -0.2) is 29.2 Å². The van der Waals surface area contributed by atoms with Crippen LogP contribution in [0.1, 0.15) is 32.6 Å². The highest BCUT2D eigenvalue weighted by atomic mass is 16.4. The van der Waals surface area contributed by atoms with Crippen LogP contribution in [0.5, 0.6) is 0 Å². The Hall–Kier alpha value is -0.730. The minimum atomic E-state index is -0.797. The maximum Gasteiger partial charge on any atom is 0.407 e. The number of nitrogens with zero attached hydrogens (tertiary/aromatic N) is 1. The van der Waals surface area contributed by atoms with E-state index in [0.717, 1.165) is 18.8 Å². The first-order chi connectivity index (χ1) is 5.61. The van der Waals surface area contributed by atoms with E-state index in [0.29, 0.717) is 0 Å². The van der Waals surface area contributed by atoms with Gasteiger partial charge in [0.15, 0.2) is 0 Å². The maximum absolute atomic E-state index is 10.6. The molecule has 1 N–H and O–H groups in total. The molecule has 1 rings (SSSR count). The molecule has 12 heavy (non-hydrogen) atoms. The lowest BCUT2D eigenvalue weighted by molar-refractivity contribution is 0.120. The summed E-state index contributed by atoms with van der Waals surface area (Å²) in [4.78, 5) is 12.1. The van der Waals surface area contributed by atoms with Gasteiger partial charge in [0.1, 0.15) is 0 Å². The average molecular weight is 171 g/mol. The average Bonchev–Trinajstić information content (AvgIpc) is 2.04. The van der Waals surface area contributed by atoms with Gasteiger partial charge in [0, 0.05) is 13.1 Å². The zero-order valence-electron chi connectivity index (χ0n) is 7.79. The summed E-state index contributed by atoms with van der Waals surface area (Å²) in [6.45, 7) is 2.23. The molecule has 70 valence electrons. The first-order valence-electron chi connectivity index (χ1n) is 4.57. The monoisotopic (exact) mass is 171 g/mol. The van der Waals surface area contributed by atoms with Crippen LogP contribution in [0.4, 0.5) is 4.79 Å². The number of amides is 1. The molecular weight excluding hydrogens is 154 g/mol. The number of carboxylic acid groups (broad SMARTS) is 1. The van der Waals surface area contributed by atoms with Gasteiger partial charge in [0.25, 0.3) is 0 Å². The smallest absolute Gasteiger partial charge is 0.407 e. The lowest BCUT2D eigenvalue weighted by Gasteiger charge is -2.31. The van der Waals surface area contributed by atoms with Crippen LogP contribution in [-0.2, 0) is 0 Å². The van der Waals surface area contributed by atoms with Crippen LogP contribution >= 0.6 is 0 Å². The molecule has 0 spiro atoms. The van der Waals surface area contributed by atoms with Crippen LogP contribution in [0.25, 0.3) is 0 Å². The SMILES string of the molecule is CC1CCC(N(C)C(=O)O)CC1. The Morgan fingerprint density at radius 2 is 1.83 bits per heavy atom. The molecule has 0 aromatic carbocycles. The Morgan fingerprint density at radius 3 is 2.25 bits per heavy atom. The Morgan fingerprint density at radius 1 is 1.33 bits per heavy atom. The topological polar surface area (TPSA) is 40.5 Å². The van der Waals surface area contributed by atoms with Crippen molar-refractivity contribution in [3.8, 4) is 0 Å². The summed E-state index contributed by atoms with van der Waals surface area (Å²) in [6, 6.07) is 0.263. The van der Waals surface area contributed by atoms with Gasteiger partial charge in [0.05, 0.1) is 0 Å². The Labute approximate surface area is 73.4 Å². The van der Waals surface area contributed by atoms with E-state index in [1.54, 1.807) is 7.05 Å². The Bertz CT molecular complexity index is 162. The molecule has 0 heterocycles. The molecule has 0 unspecified atom stereocenters. The quantitative estimate of drug-likeness (QED) is 0.656. The second kappa shape index (κ2) is 3.78. The van der Waals surface area contributed by atoms with Crippen molar-refractivity contribution in [1.82, 2.24) is 4.90 Å². The third-order valence-corrected chi connectivity index (χ3v) is 2.83. The van der Waals surface area contributed by atoms with Gasteiger partial charge in [-0.2, -0.15) is 0 Å². The lowest BCUT2D eigenvalue weighted by Crippen LogP contribution is -2.38. The van der Waals surface area contributed by atoms with E-state index in [4.69, 9.17) is 5.11 Å². The van der Waals surface area contributed by atoms with Gasteiger partial charge in [0.2, 0.25) is 0 Å². The summed E-state index contributed by atoms with van der Waals surface area (Å²) in [5.41, 5.74) is 0. The number of carbonyl (C=O) groups is 1. The summed E-state index contributed by atoms with van der Waals surface area (Å²) in [5, 5.41) is 8.73. The highest BCUT2D eigenvalue weighted by molar-refractivity contribution is 5.64. The zero-order chi connectivity index (χ0) is 9.14. The van der Waals surface area contributed by atoms with E-state index in [-0.39, 0.29) is 6.04 Å². The highest BCUT2D eigenvalue weighted by Gasteiger charge is 2.23. The molecule has 0 saturated heterocycles. The molecule has 0 radical (unpaired) electrons. The van der Waals surface area contributed by atoms with Gasteiger partial charge in [-0.3, -0.25) is 0 Å². The molecular formula is C9H17NO2. The summed E-state index contributed by atoms with van der Waals surface area (Å²) in [7, 11) is 1.67. The molecule has 0 bridgehead atoms. The molecule has 0 atom stereocenters. The molecule has 0 aromatic heterocycles. The van der Waals surface area contributed by atoms with Crippen LogP contribution in [0, 0.1) is 5.92 Å². The van der Waals surface area contributed by atoms with Crippen molar-refractivity contribution in [1.29, 1.82) is 0 Å². The Kier molecular flexibility index (Phi) is 2.95. The van der Waals surface area contributed by atoms with Crippen molar-refractivity contribution in [2.75, 3.05) is 7.05 Å². The van der Waals surface area contributed by atoms with Gasteiger partial charge >= 0.3 is 6.09 Å². The summed E-state index contributed by atoms with van der Waals surface area (Å²) in [6.07, 6.45) is 3.60. The van der Waals surface area contributed by atoms with E-state index in [2.05, 4.69) is 6.92 Å². The second-order valence-electron chi connectivity index (χ2n) is 3.81. The molecule has 0 aromatic rings. The second-order valence-corrected chi connectivity index (χ2v) is 3.81. The van der Waals surface area contributed by atoms with Gasteiger partial charge in [-0.25, -0.2) is 4.79 Å². The first-order valence-corrected chi connectivity index (χ1v) is 4.57. The zero-order valence-corrected chi connectivity index (χ0v) is 7.79. The number of hydrogen-bond donors (Lipinski definition) is 1. The summed E-state index contributed by atoms with van der Waals surface area (Å²) >= 11 is 0. The fourth-order valence-corrected chi connectivity index (χ4v) is 1.79. The highest BCUT2D eigenvalue weighted by Crippen LogP contribution is 2.26. The largest absolute Gasteiger partial charge is 0.465 e. The van der Waals surface area contributed by atoms with Crippen molar-refractivity contribution < 1.29 is 9.90 Å². The predicted octanol–water partition coefficient (Wildman–Crippen LogP) is 2.17. The third-order valence-electron chi connectivity index (χ3n) is 2.83. The molecule has 1 amide bonds. The van der Waals surface area contributed by atoms with E-state index in [1.165, 1.54) is 17.7 Å². The van der Waals surface area contributed by atoms with Crippen LogP contribution in [0.15, 0.2) is 0 Å². The molecule has 1 aliphatic carbocycles. The fourth-order valence-electron chi connectivity index (χ4n) is 1.79. The van der Waals surface area contributed by atoms with Crippen LogP contribution < -0.4 is 0 Å². The van der Waals surface area contributed by atoms with Gasteiger partial charge in [-0.1, -0.05) is 6.92 Å². The van der Waals surface area contributed by atoms with E-state index < -0.39 is 6.09 Å². The summed E-state index contributed by atoms with van der Waals surface area (Å²) < 4.78 is 0. The Balaban J connectivity index is 2.39. The minimum absolute atomic E-state index is 0.263. The van der Waals surface area contributed by atoms with Crippen LogP contribution in [0.2, 0.25) is 0 Å². The molecule has 1 fully saturated rings. The van der Waals surface area contributed by atoms with E-state index in [9.17, 15) is 4.79 Å². The number of rotatable bonds is 1. The van der Waals surface area contributed by atoms with Gasteiger partial charge in [-0.15, -0.1) is 0 Å². The molecule has 3 heteroatoms. The predicted molar refractivity (Wildman–Crippen MR) is 47.2 cm³/mol. The van der Waals surface area contributed by atoms with Crippen molar-refractivity contribution in [3.63, 3.8) is 0 Å². The molecule has 0 aliphatic heterocycles. The summed E-state index contributed by atoms with van der Waals surface area (Å²) in [5.74, 6) is 0.781. The van der Waals surface area contributed by atoms with Crippen molar-refractivity contribution >= 4 is 6.09 Å².